The first-order chi connectivity index (χ1) is 10.8. The van der Waals surface area contributed by atoms with Crippen molar-refractivity contribution >= 4 is 22.3 Å². The number of imidazole rings is 1. The number of aliphatic hydroxyl groups is 2. The van der Waals surface area contributed by atoms with Gasteiger partial charge in [-0.2, -0.15) is 5.10 Å². The average Bonchev–Trinajstić information content (AvgIpc) is 3.15. The van der Waals surface area contributed by atoms with Crippen LogP contribution >= 0.6 is 11.3 Å². The zero-order valence-corrected chi connectivity index (χ0v) is 12.7. The summed E-state index contributed by atoms with van der Waals surface area (Å²) in [4.78, 5) is 16.8. The van der Waals surface area contributed by atoms with Crippen molar-refractivity contribution in [2.24, 2.45) is 0 Å². The molecule has 0 spiro atoms. The number of rotatable bonds is 5. The highest BCUT2D eigenvalue weighted by Crippen LogP contribution is 2.30. The summed E-state index contributed by atoms with van der Waals surface area (Å²) < 4.78 is 31.9. The van der Waals surface area contributed by atoms with Gasteiger partial charge in [0.15, 0.2) is 0 Å². The van der Waals surface area contributed by atoms with Gasteiger partial charge in [0.1, 0.15) is 5.69 Å². The van der Waals surface area contributed by atoms with E-state index in [-0.39, 0.29) is 28.2 Å². The van der Waals surface area contributed by atoms with Crippen molar-refractivity contribution in [2.45, 2.75) is 18.9 Å². The van der Waals surface area contributed by atoms with Crippen LogP contribution < -0.4 is 5.32 Å². The molecule has 12 heteroatoms. The molecule has 0 aromatic carbocycles. The number of aromatic nitrogens is 3. The Labute approximate surface area is 132 Å². The van der Waals surface area contributed by atoms with E-state index in [0.29, 0.717) is 24.4 Å². The lowest BCUT2D eigenvalue weighted by molar-refractivity contribution is -0.338. The van der Waals surface area contributed by atoms with Crippen LogP contribution in [-0.2, 0) is 17.3 Å². The van der Waals surface area contributed by atoms with Crippen molar-refractivity contribution in [1.29, 1.82) is 0 Å². The molecule has 3 heterocycles. The molecule has 0 atom stereocenters. The third-order valence-electron chi connectivity index (χ3n) is 3.38. The largest absolute Gasteiger partial charge is 0.338 e. The van der Waals surface area contributed by atoms with Crippen LogP contribution in [0.5, 0.6) is 0 Å². The lowest BCUT2D eigenvalue weighted by Gasteiger charge is -2.15. The molecule has 2 aromatic rings. The Morgan fingerprint density at radius 1 is 1.52 bits per heavy atom. The number of nitrogens with zero attached hydrogens (tertiary/aromatic N) is 4. The fourth-order valence-corrected chi connectivity index (χ4v) is 3.08. The Bertz CT molecular complexity index is 746. The number of carbonyl (C=O) groups is 1. The van der Waals surface area contributed by atoms with Gasteiger partial charge in [0.05, 0.1) is 12.2 Å². The molecule has 1 aliphatic rings. The van der Waals surface area contributed by atoms with E-state index in [2.05, 4.69) is 20.1 Å². The van der Waals surface area contributed by atoms with Crippen LogP contribution in [0, 0.1) is 0 Å². The minimum Gasteiger partial charge on any atom is -0.338 e. The van der Waals surface area contributed by atoms with Gasteiger partial charge in [0.2, 0.25) is 9.97 Å². The molecule has 1 saturated heterocycles. The zero-order valence-electron chi connectivity index (χ0n) is 11.9. The molecule has 2 aromatic heterocycles. The first-order valence-electron chi connectivity index (χ1n) is 6.53. The molecule has 0 saturated carbocycles. The monoisotopic (exact) mass is 349 g/mol. The molecular formula is C11H13F2N5O4S. The molecule has 3 N–H and O–H groups in total. The number of urea groups is 1. The third-order valence-corrected chi connectivity index (χ3v) is 4.37. The maximum absolute atomic E-state index is 13.2. The van der Waals surface area contributed by atoms with Crippen molar-refractivity contribution in [3.05, 3.63) is 16.4 Å². The first-order valence-corrected chi connectivity index (χ1v) is 7.34. The van der Waals surface area contributed by atoms with Crippen LogP contribution in [0.25, 0.3) is 4.96 Å². The van der Waals surface area contributed by atoms with E-state index in [9.17, 15) is 23.8 Å². The molecule has 3 rings (SSSR count). The van der Waals surface area contributed by atoms with E-state index < -0.39 is 18.1 Å². The highest BCUT2D eigenvalue weighted by Gasteiger charge is 2.34. The molecule has 2 amide bonds. The number of halogens is 2. The van der Waals surface area contributed by atoms with Crippen LogP contribution in [0.3, 0.4) is 0 Å². The number of ether oxygens (including phenoxy) is 1. The highest BCUT2D eigenvalue weighted by atomic mass is 32.1. The van der Waals surface area contributed by atoms with E-state index in [1.54, 1.807) is 0 Å². The van der Waals surface area contributed by atoms with Crippen molar-refractivity contribution in [3.63, 3.8) is 0 Å². The van der Waals surface area contributed by atoms with Gasteiger partial charge in [-0.25, -0.2) is 23.1 Å². The van der Waals surface area contributed by atoms with E-state index in [1.165, 1.54) is 4.90 Å². The van der Waals surface area contributed by atoms with Gasteiger partial charge in [0, 0.05) is 20.2 Å². The second-order valence-electron chi connectivity index (χ2n) is 4.81. The minimum atomic E-state index is -2.84. The molecule has 0 unspecified atom stereocenters. The molecule has 9 nitrogen and oxygen atoms in total. The SMILES string of the molecule is COC(O)(O)c1nn2c(CN3CCNC3=O)c(C(F)F)nc2s1. The third kappa shape index (κ3) is 2.73. The number of methoxy groups -OCH3 is 1. The van der Waals surface area contributed by atoms with E-state index >= 15 is 0 Å². The van der Waals surface area contributed by atoms with Crippen LogP contribution in [0.2, 0.25) is 0 Å². The molecule has 23 heavy (non-hydrogen) atoms. The molecule has 0 aliphatic carbocycles. The first kappa shape index (κ1) is 16.0. The van der Waals surface area contributed by atoms with Crippen molar-refractivity contribution in [1.82, 2.24) is 24.8 Å². The predicted octanol–water partition coefficient (Wildman–Crippen LogP) is -0.00510. The maximum atomic E-state index is 13.2. The van der Waals surface area contributed by atoms with Gasteiger partial charge in [-0.15, -0.1) is 0 Å². The average molecular weight is 349 g/mol. The van der Waals surface area contributed by atoms with Crippen LogP contribution in [0.15, 0.2) is 0 Å². The van der Waals surface area contributed by atoms with Crippen molar-refractivity contribution < 1.29 is 28.5 Å². The summed E-state index contributed by atoms with van der Waals surface area (Å²) in [6, 6.07) is -0.369. The summed E-state index contributed by atoms with van der Waals surface area (Å²) in [5, 5.41) is 25.5. The number of hydrogen-bond donors (Lipinski definition) is 3. The molecular weight excluding hydrogens is 336 g/mol. The number of hydrogen-bond acceptors (Lipinski definition) is 7. The summed E-state index contributed by atoms with van der Waals surface area (Å²) in [6.07, 6.45) is -2.84. The van der Waals surface area contributed by atoms with Crippen LogP contribution in [-0.4, -0.2) is 55.9 Å². The minimum absolute atomic E-state index is 0.0152. The van der Waals surface area contributed by atoms with E-state index in [4.69, 9.17) is 0 Å². The van der Waals surface area contributed by atoms with Gasteiger partial charge < -0.3 is 25.2 Å². The topological polar surface area (TPSA) is 112 Å². The zero-order chi connectivity index (χ0) is 16.8. The summed E-state index contributed by atoms with van der Waals surface area (Å²) >= 11 is 0.703. The number of nitrogens with one attached hydrogen (secondary N) is 1. The number of carbonyl (C=O) groups excluding carboxylic acids is 1. The number of alkyl halides is 2. The summed E-state index contributed by atoms with van der Waals surface area (Å²) in [7, 11) is 1.06. The Kier molecular flexibility index (Phi) is 3.91. The molecule has 126 valence electrons. The molecule has 0 bridgehead atoms. The van der Waals surface area contributed by atoms with Gasteiger partial charge in [-0.3, -0.25) is 0 Å². The summed E-state index contributed by atoms with van der Waals surface area (Å²) in [5.74, 6) is -2.64. The van der Waals surface area contributed by atoms with Gasteiger partial charge in [-0.1, -0.05) is 11.3 Å². The Balaban J connectivity index is 2.04. The quantitative estimate of drug-likeness (QED) is 0.655. The second kappa shape index (κ2) is 5.63. The molecule has 1 fully saturated rings. The highest BCUT2D eigenvalue weighted by molar-refractivity contribution is 7.16. The lowest BCUT2D eigenvalue weighted by Crippen LogP contribution is -2.29. The Morgan fingerprint density at radius 3 is 2.83 bits per heavy atom. The van der Waals surface area contributed by atoms with Gasteiger partial charge >= 0.3 is 12.0 Å². The Hall–Kier alpha value is -1.89. The normalized spacial score (nSPS) is 15.9. The fraction of sp³-hybridized carbons (Fsp3) is 0.545. The smallest absolute Gasteiger partial charge is 0.336 e. The van der Waals surface area contributed by atoms with Crippen LogP contribution in [0.1, 0.15) is 22.8 Å². The van der Waals surface area contributed by atoms with Gasteiger partial charge in [0.25, 0.3) is 6.43 Å². The lowest BCUT2D eigenvalue weighted by atomic mass is 10.3. The van der Waals surface area contributed by atoms with E-state index in [0.717, 1.165) is 11.6 Å². The van der Waals surface area contributed by atoms with E-state index in [1.807, 2.05) is 0 Å². The Morgan fingerprint density at radius 2 is 2.26 bits per heavy atom. The predicted molar refractivity (Wildman–Crippen MR) is 72.8 cm³/mol. The van der Waals surface area contributed by atoms with Gasteiger partial charge in [-0.05, 0) is 0 Å². The standard InChI is InChI=1S/C11H13F2N5O4S/c1-22-11(20,21)8-16-18-5(4-17-3-2-14-9(17)19)6(7(12)13)15-10(18)23-8/h7,20-21H,2-4H2,1H3,(H,14,19). The number of amides is 2. The number of fused-ring (bicyclic) bond motifs is 1. The van der Waals surface area contributed by atoms with Crippen LogP contribution in [0.4, 0.5) is 13.6 Å². The maximum Gasteiger partial charge on any atom is 0.336 e. The summed E-state index contributed by atoms with van der Waals surface area (Å²) in [5.41, 5.74) is -0.477. The molecule has 1 aliphatic heterocycles. The fourth-order valence-electron chi connectivity index (χ4n) is 2.19. The van der Waals surface area contributed by atoms with Crippen molar-refractivity contribution in [3.8, 4) is 0 Å². The second-order valence-corrected chi connectivity index (χ2v) is 5.77. The molecule has 0 radical (unpaired) electrons. The van der Waals surface area contributed by atoms with Crippen molar-refractivity contribution in [2.75, 3.05) is 20.2 Å². The summed E-state index contributed by atoms with van der Waals surface area (Å²) in [6.45, 7) is 0.674.